The van der Waals surface area contributed by atoms with E-state index in [1.54, 1.807) is 0 Å². The Bertz CT molecular complexity index is 234. The largest absolute Gasteiger partial charge is 0.381 e. The summed E-state index contributed by atoms with van der Waals surface area (Å²) in [4.78, 5) is 11.8. The molecule has 0 aromatic heterocycles. The van der Waals surface area contributed by atoms with E-state index >= 15 is 0 Å². The summed E-state index contributed by atoms with van der Waals surface area (Å²) >= 11 is 0. The highest BCUT2D eigenvalue weighted by Gasteiger charge is 2.18. The average molecular weight is 240 g/mol. The zero-order valence-corrected chi connectivity index (χ0v) is 10.5. The van der Waals surface area contributed by atoms with Crippen LogP contribution in [0.15, 0.2) is 0 Å². The van der Waals surface area contributed by atoms with Crippen molar-refractivity contribution in [3.63, 3.8) is 0 Å². The van der Waals surface area contributed by atoms with Crippen molar-refractivity contribution in [2.45, 2.75) is 32.1 Å². The summed E-state index contributed by atoms with van der Waals surface area (Å²) in [7, 11) is 0. The molecule has 98 valence electrons. The fraction of sp³-hybridized carbons (Fsp3) is 0.923. The number of amides is 1. The Balaban J connectivity index is 1.59. The molecule has 4 nitrogen and oxygen atoms in total. The van der Waals surface area contributed by atoms with Crippen LogP contribution in [-0.4, -0.2) is 38.8 Å². The summed E-state index contributed by atoms with van der Waals surface area (Å²) in [5.74, 6) is 1.39. The molecule has 0 spiro atoms. The number of ether oxygens (including phenoxy) is 1. The number of hydrogen-bond donors (Lipinski definition) is 2. The highest BCUT2D eigenvalue weighted by atomic mass is 16.5. The molecule has 2 fully saturated rings. The van der Waals surface area contributed by atoms with Crippen LogP contribution in [0, 0.1) is 11.8 Å². The maximum Gasteiger partial charge on any atom is 0.220 e. The first-order chi connectivity index (χ1) is 8.34. The maximum absolute atomic E-state index is 11.8. The van der Waals surface area contributed by atoms with E-state index in [1.807, 2.05) is 0 Å². The second kappa shape index (κ2) is 6.97. The number of carbonyl (C=O) groups is 1. The molecule has 0 saturated carbocycles. The van der Waals surface area contributed by atoms with Crippen molar-refractivity contribution >= 4 is 5.91 Å². The van der Waals surface area contributed by atoms with Crippen LogP contribution >= 0.6 is 0 Å². The minimum Gasteiger partial charge on any atom is -0.381 e. The lowest BCUT2D eigenvalue weighted by molar-refractivity contribution is -0.122. The van der Waals surface area contributed by atoms with Crippen molar-refractivity contribution in [2.24, 2.45) is 11.8 Å². The van der Waals surface area contributed by atoms with Crippen LogP contribution < -0.4 is 10.6 Å². The van der Waals surface area contributed by atoms with Gasteiger partial charge in [-0.05, 0) is 50.6 Å². The summed E-state index contributed by atoms with van der Waals surface area (Å²) in [5.41, 5.74) is 0. The van der Waals surface area contributed by atoms with Crippen molar-refractivity contribution in [1.29, 1.82) is 0 Å². The summed E-state index contributed by atoms with van der Waals surface area (Å²) in [6.07, 6.45) is 5.24. The molecule has 17 heavy (non-hydrogen) atoms. The van der Waals surface area contributed by atoms with E-state index in [-0.39, 0.29) is 5.91 Å². The van der Waals surface area contributed by atoms with Gasteiger partial charge in [-0.25, -0.2) is 0 Å². The van der Waals surface area contributed by atoms with Gasteiger partial charge in [-0.15, -0.1) is 0 Å². The fourth-order valence-electron chi connectivity index (χ4n) is 2.64. The SMILES string of the molecule is O=C(CC1CCOCC1)NCC1CCCNC1. The van der Waals surface area contributed by atoms with Gasteiger partial charge in [0.2, 0.25) is 5.91 Å². The summed E-state index contributed by atoms with van der Waals surface area (Å²) in [5, 5.41) is 6.45. The van der Waals surface area contributed by atoms with E-state index in [1.165, 1.54) is 12.8 Å². The molecule has 2 aliphatic rings. The number of rotatable bonds is 4. The van der Waals surface area contributed by atoms with Crippen molar-refractivity contribution < 1.29 is 9.53 Å². The normalized spacial score (nSPS) is 26.7. The van der Waals surface area contributed by atoms with Gasteiger partial charge in [-0.1, -0.05) is 0 Å². The number of piperidine rings is 1. The van der Waals surface area contributed by atoms with E-state index in [2.05, 4.69) is 10.6 Å². The van der Waals surface area contributed by atoms with Crippen LogP contribution in [0.4, 0.5) is 0 Å². The average Bonchev–Trinajstić information content (AvgIpc) is 2.39. The Morgan fingerprint density at radius 3 is 2.76 bits per heavy atom. The molecule has 2 N–H and O–H groups in total. The van der Waals surface area contributed by atoms with E-state index in [9.17, 15) is 4.79 Å². The van der Waals surface area contributed by atoms with E-state index < -0.39 is 0 Å². The quantitative estimate of drug-likeness (QED) is 0.768. The van der Waals surface area contributed by atoms with Crippen LogP contribution in [0.5, 0.6) is 0 Å². The first kappa shape index (κ1) is 12.8. The molecule has 4 heteroatoms. The number of hydrogen-bond acceptors (Lipinski definition) is 3. The molecule has 1 atom stereocenters. The van der Waals surface area contributed by atoms with Crippen molar-refractivity contribution in [2.75, 3.05) is 32.8 Å². The molecule has 1 unspecified atom stereocenters. The minimum atomic E-state index is 0.225. The molecule has 2 saturated heterocycles. The molecule has 0 radical (unpaired) electrons. The van der Waals surface area contributed by atoms with Crippen LogP contribution in [0.2, 0.25) is 0 Å². The smallest absolute Gasteiger partial charge is 0.220 e. The third-order valence-electron chi connectivity index (χ3n) is 3.80. The molecule has 0 aromatic rings. The third kappa shape index (κ3) is 4.64. The predicted octanol–water partition coefficient (Wildman–Crippen LogP) is 0.919. The first-order valence-corrected chi connectivity index (χ1v) is 6.90. The maximum atomic E-state index is 11.8. The molecule has 2 aliphatic heterocycles. The van der Waals surface area contributed by atoms with Gasteiger partial charge in [0.05, 0.1) is 0 Å². The number of nitrogens with one attached hydrogen (secondary N) is 2. The first-order valence-electron chi connectivity index (χ1n) is 6.90. The van der Waals surface area contributed by atoms with Crippen LogP contribution in [0.1, 0.15) is 32.1 Å². The van der Waals surface area contributed by atoms with Gasteiger partial charge in [0.15, 0.2) is 0 Å². The fourth-order valence-corrected chi connectivity index (χ4v) is 2.64. The van der Waals surface area contributed by atoms with Gasteiger partial charge in [0.25, 0.3) is 0 Å². The van der Waals surface area contributed by atoms with Gasteiger partial charge in [0.1, 0.15) is 0 Å². The standard InChI is InChI=1S/C13H24N2O2/c16-13(8-11-3-6-17-7-4-11)15-10-12-2-1-5-14-9-12/h11-12,14H,1-10H2,(H,15,16). The van der Waals surface area contributed by atoms with Gasteiger partial charge in [-0.2, -0.15) is 0 Å². The van der Waals surface area contributed by atoms with Crippen molar-refractivity contribution in [3.05, 3.63) is 0 Å². The topological polar surface area (TPSA) is 50.4 Å². The lowest BCUT2D eigenvalue weighted by atomic mass is 9.95. The Morgan fingerprint density at radius 2 is 2.06 bits per heavy atom. The number of carbonyl (C=O) groups excluding carboxylic acids is 1. The van der Waals surface area contributed by atoms with E-state index in [4.69, 9.17) is 4.74 Å². The van der Waals surface area contributed by atoms with Crippen LogP contribution in [0.25, 0.3) is 0 Å². The summed E-state index contributed by atoms with van der Waals surface area (Å²) in [6.45, 7) is 4.67. The molecule has 0 aliphatic carbocycles. The molecular formula is C13H24N2O2. The lowest BCUT2D eigenvalue weighted by Crippen LogP contribution is -2.38. The minimum absolute atomic E-state index is 0.225. The van der Waals surface area contributed by atoms with Crippen LogP contribution in [-0.2, 0) is 9.53 Å². The lowest BCUT2D eigenvalue weighted by Gasteiger charge is -2.24. The van der Waals surface area contributed by atoms with Crippen LogP contribution in [0.3, 0.4) is 0 Å². The molecule has 2 rings (SSSR count). The highest BCUT2D eigenvalue weighted by molar-refractivity contribution is 5.76. The second-order valence-electron chi connectivity index (χ2n) is 5.28. The summed E-state index contributed by atoms with van der Waals surface area (Å²) in [6, 6.07) is 0. The van der Waals surface area contributed by atoms with Crippen molar-refractivity contribution in [3.8, 4) is 0 Å². The van der Waals surface area contributed by atoms with Crippen molar-refractivity contribution in [1.82, 2.24) is 10.6 Å². The highest BCUT2D eigenvalue weighted by Crippen LogP contribution is 2.18. The van der Waals surface area contributed by atoms with E-state index in [0.717, 1.165) is 45.7 Å². The second-order valence-corrected chi connectivity index (χ2v) is 5.28. The van der Waals surface area contributed by atoms with Gasteiger partial charge in [0, 0.05) is 26.2 Å². The molecule has 0 bridgehead atoms. The Morgan fingerprint density at radius 1 is 1.24 bits per heavy atom. The molecule has 0 aromatic carbocycles. The van der Waals surface area contributed by atoms with Gasteiger partial charge < -0.3 is 15.4 Å². The zero-order valence-electron chi connectivity index (χ0n) is 10.5. The zero-order chi connectivity index (χ0) is 11.9. The Labute approximate surface area is 103 Å². The molecule has 1 amide bonds. The summed E-state index contributed by atoms with van der Waals surface area (Å²) < 4.78 is 5.30. The molecule has 2 heterocycles. The third-order valence-corrected chi connectivity index (χ3v) is 3.80. The van der Waals surface area contributed by atoms with Gasteiger partial charge in [-0.3, -0.25) is 4.79 Å². The van der Waals surface area contributed by atoms with Gasteiger partial charge >= 0.3 is 0 Å². The predicted molar refractivity (Wildman–Crippen MR) is 66.8 cm³/mol. The molecular weight excluding hydrogens is 216 g/mol. The monoisotopic (exact) mass is 240 g/mol. The Hall–Kier alpha value is -0.610. The van der Waals surface area contributed by atoms with E-state index in [0.29, 0.717) is 18.3 Å². The Kier molecular flexibility index (Phi) is 5.26.